The average molecular weight is 350 g/mol. The van der Waals surface area contributed by atoms with E-state index in [4.69, 9.17) is 10.5 Å². The highest BCUT2D eigenvalue weighted by Crippen LogP contribution is 2.35. The van der Waals surface area contributed by atoms with E-state index in [2.05, 4.69) is 25.2 Å². The van der Waals surface area contributed by atoms with Gasteiger partial charge in [-0.1, -0.05) is 19.9 Å². The van der Waals surface area contributed by atoms with E-state index >= 15 is 0 Å². The van der Waals surface area contributed by atoms with Gasteiger partial charge in [-0.25, -0.2) is 0 Å². The van der Waals surface area contributed by atoms with E-state index in [0.717, 1.165) is 36.3 Å². The molecule has 2 aromatic carbocycles. The molecule has 0 radical (unpaired) electrons. The van der Waals surface area contributed by atoms with Crippen LogP contribution in [0.5, 0.6) is 5.75 Å². The molecule has 0 bridgehead atoms. The van der Waals surface area contributed by atoms with Gasteiger partial charge in [0.25, 0.3) is 0 Å². The number of carbonyl (C=O) groups is 1. The summed E-state index contributed by atoms with van der Waals surface area (Å²) in [5, 5.41) is 3.65. The zero-order valence-electron chi connectivity index (χ0n) is 15.6. The zero-order valence-corrected chi connectivity index (χ0v) is 15.6. The topological polar surface area (TPSA) is 64.3 Å². The number of fused-ring (bicyclic) bond motifs is 1. The summed E-state index contributed by atoms with van der Waals surface area (Å²) in [6.07, 6.45) is 4.61. The van der Waals surface area contributed by atoms with Gasteiger partial charge in [0.1, 0.15) is 5.75 Å². The Hall–Kier alpha value is -2.75. The predicted molar refractivity (Wildman–Crippen MR) is 106 cm³/mol. The number of allylic oxidation sites excluding steroid dienone is 1. The summed E-state index contributed by atoms with van der Waals surface area (Å²) in [5.74, 6) is 0.751. The summed E-state index contributed by atoms with van der Waals surface area (Å²) in [6.45, 7) is 4.37. The molecule has 0 spiro atoms. The average Bonchev–Trinajstić information content (AvgIpc) is 2.67. The van der Waals surface area contributed by atoms with E-state index in [-0.39, 0.29) is 11.3 Å². The lowest BCUT2D eigenvalue weighted by molar-refractivity contribution is 0.104. The summed E-state index contributed by atoms with van der Waals surface area (Å²) in [5.41, 5.74) is 10.1. The second-order valence-electron chi connectivity index (χ2n) is 6.86. The van der Waals surface area contributed by atoms with Crippen molar-refractivity contribution >= 4 is 17.2 Å². The van der Waals surface area contributed by atoms with Crippen LogP contribution in [0.4, 0.5) is 5.69 Å². The van der Waals surface area contributed by atoms with E-state index in [1.54, 1.807) is 37.5 Å². The van der Waals surface area contributed by atoms with E-state index in [1.807, 2.05) is 12.1 Å². The number of benzene rings is 2. The molecule has 0 aliphatic carbocycles. The summed E-state index contributed by atoms with van der Waals surface area (Å²) in [4.78, 5) is 12.8. The Kier molecular flexibility index (Phi) is 5.03. The smallest absolute Gasteiger partial charge is 0.187 e. The second-order valence-corrected chi connectivity index (χ2v) is 6.86. The Bertz CT molecular complexity index is 834. The Morgan fingerprint density at radius 1 is 1.19 bits per heavy atom. The van der Waals surface area contributed by atoms with Crippen molar-refractivity contribution in [1.82, 2.24) is 5.32 Å². The lowest BCUT2D eigenvalue weighted by atomic mass is 9.79. The van der Waals surface area contributed by atoms with E-state index in [9.17, 15) is 4.79 Å². The van der Waals surface area contributed by atoms with Crippen molar-refractivity contribution in [2.45, 2.75) is 38.6 Å². The monoisotopic (exact) mass is 350 g/mol. The lowest BCUT2D eigenvalue weighted by Gasteiger charge is -2.40. The predicted octanol–water partition coefficient (Wildman–Crippen LogP) is 4.21. The third-order valence-corrected chi connectivity index (χ3v) is 5.36. The van der Waals surface area contributed by atoms with Gasteiger partial charge in [0.05, 0.1) is 7.11 Å². The number of hydrogen-bond donors (Lipinski definition) is 2. The third kappa shape index (κ3) is 3.45. The van der Waals surface area contributed by atoms with Crippen molar-refractivity contribution in [3.8, 4) is 5.75 Å². The van der Waals surface area contributed by atoms with E-state index in [1.165, 1.54) is 5.56 Å². The van der Waals surface area contributed by atoms with Gasteiger partial charge in [-0.05, 0) is 61.2 Å². The minimum atomic E-state index is -0.0377. The van der Waals surface area contributed by atoms with Crippen LogP contribution in [0.15, 0.2) is 48.5 Å². The van der Waals surface area contributed by atoms with Crippen LogP contribution in [0.3, 0.4) is 0 Å². The van der Waals surface area contributed by atoms with Gasteiger partial charge in [0.2, 0.25) is 0 Å². The maximum atomic E-state index is 12.8. The number of carbonyl (C=O) groups excluding carboxylic acids is 1. The molecule has 136 valence electrons. The molecule has 3 N–H and O–H groups in total. The molecule has 3 rings (SSSR count). The van der Waals surface area contributed by atoms with Gasteiger partial charge >= 0.3 is 0 Å². The highest BCUT2D eigenvalue weighted by atomic mass is 16.5. The van der Waals surface area contributed by atoms with Crippen molar-refractivity contribution in [2.75, 3.05) is 12.8 Å². The molecule has 4 nitrogen and oxygen atoms in total. The molecule has 2 aromatic rings. The fraction of sp³-hybridized carbons (Fsp3) is 0.318. The number of ketones is 1. The van der Waals surface area contributed by atoms with Gasteiger partial charge < -0.3 is 15.8 Å². The highest BCUT2D eigenvalue weighted by Gasteiger charge is 2.33. The van der Waals surface area contributed by atoms with Crippen LogP contribution in [0.2, 0.25) is 0 Å². The van der Waals surface area contributed by atoms with Crippen LogP contribution in [0.25, 0.3) is 5.70 Å². The SMILES string of the molecule is CCC1(CC)Cc2ccc(OC)cc2C(=CC(=O)c2ccc(N)cc2)N1. The first-order valence-electron chi connectivity index (χ1n) is 9.07. The van der Waals surface area contributed by atoms with Crippen LogP contribution < -0.4 is 15.8 Å². The number of hydrogen-bond acceptors (Lipinski definition) is 4. The van der Waals surface area contributed by atoms with Crippen molar-refractivity contribution in [3.63, 3.8) is 0 Å². The Labute approximate surface area is 155 Å². The number of methoxy groups -OCH3 is 1. The van der Waals surface area contributed by atoms with Crippen LogP contribution in [0.1, 0.15) is 48.2 Å². The number of nitrogens with two attached hydrogens (primary N) is 1. The van der Waals surface area contributed by atoms with Crippen LogP contribution in [-0.2, 0) is 6.42 Å². The molecule has 0 amide bonds. The van der Waals surface area contributed by atoms with Crippen molar-refractivity contribution in [3.05, 3.63) is 65.2 Å². The van der Waals surface area contributed by atoms with Gasteiger partial charge in [-0.15, -0.1) is 0 Å². The molecular formula is C22H26N2O2. The van der Waals surface area contributed by atoms with Gasteiger partial charge in [0, 0.05) is 34.1 Å². The van der Waals surface area contributed by atoms with Gasteiger partial charge in [-0.3, -0.25) is 4.79 Å². The number of rotatable bonds is 5. The Balaban J connectivity index is 2.06. The standard InChI is InChI=1S/C22H26N2O2/c1-4-22(5-2)14-16-8-11-18(26-3)12-19(16)20(24-22)13-21(25)15-6-9-17(23)10-7-15/h6-13,24H,4-5,14,23H2,1-3H3. The largest absolute Gasteiger partial charge is 0.497 e. The lowest BCUT2D eigenvalue weighted by Crippen LogP contribution is -2.48. The molecule has 0 unspecified atom stereocenters. The van der Waals surface area contributed by atoms with Crippen LogP contribution >= 0.6 is 0 Å². The molecule has 4 heteroatoms. The molecule has 0 atom stereocenters. The second kappa shape index (κ2) is 7.24. The third-order valence-electron chi connectivity index (χ3n) is 5.36. The fourth-order valence-electron chi connectivity index (χ4n) is 3.50. The molecule has 0 saturated carbocycles. The summed E-state index contributed by atoms with van der Waals surface area (Å²) in [7, 11) is 1.66. The molecule has 0 fully saturated rings. The van der Waals surface area contributed by atoms with Crippen molar-refractivity contribution in [2.24, 2.45) is 0 Å². The number of anilines is 1. The summed E-state index contributed by atoms with van der Waals surface area (Å²) >= 11 is 0. The first kappa shape index (κ1) is 18.1. The summed E-state index contributed by atoms with van der Waals surface area (Å²) in [6, 6.07) is 13.1. The quantitative estimate of drug-likeness (QED) is 0.482. The molecular weight excluding hydrogens is 324 g/mol. The first-order valence-corrected chi connectivity index (χ1v) is 9.07. The van der Waals surface area contributed by atoms with Crippen LogP contribution in [-0.4, -0.2) is 18.4 Å². The summed E-state index contributed by atoms with van der Waals surface area (Å²) < 4.78 is 5.38. The number of ether oxygens (including phenoxy) is 1. The maximum Gasteiger partial charge on any atom is 0.187 e. The molecule has 26 heavy (non-hydrogen) atoms. The zero-order chi connectivity index (χ0) is 18.7. The molecule has 0 saturated heterocycles. The minimum Gasteiger partial charge on any atom is -0.497 e. The first-order chi connectivity index (χ1) is 12.5. The van der Waals surface area contributed by atoms with Gasteiger partial charge in [-0.2, -0.15) is 0 Å². The normalized spacial score (nSPS) is 16.7. The number of nitrogen functional groups attached to an aromatic ring is 1. The fourth-order valence-corrected chi connectivity index (χ4v) is 3.50. The maximum absolute atomic E-state index is 12.8. The van der Waals surface area contributed by atoms with Crippen LogP contribution in [0, 0.1) is 0 Å². The Morgan fingerprint density at radius 3 is 2.50 bits per heavy atom. The van der Waals surface area contributed by atoms with Gasteiger partial charge in [0.15, 0.2) is 5.78 Å². The molecule has 0 aromatic heterocycles. The van der Waals surface area contributed by atoms with E-state index in [0.29, 0.717) is 11.3 Å². The highest BCUT2D eigenvalue weighted by molar-refractivity contribution is 6.08. The molecule has 1 aliphatic heterocycles. The molecule has 1 aliphatic rings. The number of nitrogens with one attached hydrogen (secondary N) is 1. The molecule has 1 heterocycles. The minimum absolute atomic E-state index is 0.0329. The van der Waals surface area contributed by atoms with E-state index < -0.39 is 0 Å². The Morgan fingerprint density at radius 2 is 1.88 bits per heavy atom. The van der Waals surface area contributed by atoms with Crippen molar-refractivity contribution < 1.29 is 9.53 Å². The van der Waals surface area contributed by atoms with Crippen molar-refractivity contribution in [1.29, 1.82) is 0 Å².